The van der Waals surface area contributed by atoms with Crippen LogP contribution in [0.5, 0.6) is 5.75 Å². The number of carbonyl (C=O) groups is 2. The van der Waals surface area contributed by atoms with Crippen LogP contribution in [0.25, 0.3) is 22.3 Å². The van der Waals surface area contributed by atoms with Crippen LogP contribution in [0, 0.1) is 0 Å². The van der Waals surface area contributed by atoms with Crippen LogP contribution in [-0.2, 0) is 4.79 Å². The highest BCUT2D eigenvalue weighted by atomic mass is 16.5. The number of rotatable bonds is 5. The minimum atomic E-state index is -1.43. The third kappa shape index (κ3) is 4.20. The number of aliphatic hydroxyl groups is 1. The van der Waals surface area contributed by atoms with Crippen LogP contribution < -0.4 is 10.5 Å². The van der Waals surface area contributed by atoms with E-state index in [0.29, 0.717) is 65.3 Å². The second-order valence-corrected chi connectivity index (χ2v) is 8.38. The number of anilines is 1. The zero-order chi connectivity index (χ0) is 25.2. The lowest BCUT2D eigenvalue weighted by molar-refractivity contribution is -0.142. The van der Waals surface area contributed by atoms with Gasteiger partial charge in [-0.15, -0.1) is 0 Å². The van der Waals surface area contributed by atoms with E-state index in [1.807, 2.05) is 18.2 Å². The molecule has 1 aromatic carbocycles. The number of aromatic amines is 1. The molecule has 4 N–H and O–H groups in total. The second kappa shape index (κ2) is 9.62. The number of fused-ring (bicyclic) bond motifs is 1. The van der Waals surface area contributed by atoms with Crippen molar-refractivity contribution in [3.8, 4) is 17.1 Å². The zero-order valence-corrected chi connectivity index (χ0v) is 19.6. The summed E-state index contributed by atoms with van der Waals surface area (Å²) in [6.07, 6.45) is 4.58. The van der Waals surface area contributed by atoms with Gasteiger partial charge in [0.05, 0.1) is 36.6 Å². The van der Waals surface area contributed by atoms with Gasteiger partial charge in [0.1, 0.15) is 23.0 Å². The molecule has 1 aliphatic heterocycles. The topological polar surface area (TPSA) is 151 Å². The predicted molar refractivity (Wildman–Crippen MR) is 132 cm³/mol. The molecule has 1 aliphatic rings. The molecule has 0 aliphatic carbocycles. The lowest BCUT2D eigenvalue weighted by atomic mass is 10.0. The minimum absolute atomic E-state index is 0.0737. The summed E-state index contributed by atoms with van der Waals surface area (Å²) >= 11 is 0. The molecule has 11 nitrogen and oxygen atoms in total. The smallest absolute Gasteiger partial charge is 0.256 e. The van der Waals surface area contributed by atoms with Crippen molar-refractivity contribution < 1.29 is 19.4 Å². The number of pyridine rings is 1. The highest BCUT2D eigenvalue weighted by molar-refractivity contribution is 6.00. The number of ether oxygens (including phenoxy) is 1. The number of carbonyl (C=O) groups excluding carboxylic acids is 2. The van der Waals surface area contributed by atoms with Crippen LogP contribution >= 0.6 is 0 Å². The number of amides is 2. The Kier molecular flexibility index (Phi) is 6.21. The van der Waals surface area contributed by atoms with Gasteiger partial charge in [0.15, 0.2) is 6.10 Å². The highest BCUT2D eigenvalue weighted by Gasteiger charge is 2.31. The van der Waals surface area contributed by atoms with E-state index in [9.17, 15) is 14.7 Å². The van der Waals surface area contributed by atoms with Gasteiger partial charge in [-0.2, -0.15) is 0 Å². The van der Waals surface area contributed by atoms with Gasteiger partial charge in [0.2, 0.25) is 0 Å². The molecule has 184 valence electrons. The van der Waals surface area contributed by atoms with Crippen molar-refractivity contribution in [2.24, 2.45) is 0 Å². The van der Waals surface area contributed by atoms with E-state index in [-0.39, 0.29) is 11.7 Å². The number of piperazine rings is 1. The van der Waals surface area contributed by atoms with E-state index in [4.69, 9.17) is 10.5 Å². The molecule has 1 fully saturated rings. The van der Waals surface area contributed by atoms with Crippen molar-refractivity contribution in [3.63, 3.8) is 0 Å². The number of nitrogens with one attached hydrogen (secondary N) is 1. The number of H-pyrrole nitrogens is 1. The van der Waals surface area contributed by atoms with Crippen molar-refractivity contribution >= 4 is 28.5 Å². The number of methoxy groups -OCH3 is 1. The van der Waals surface area contributed by atoms with Crippen molar-refractivity contribution in [2.75, 3.05) is 39.0 Å². The molecule has 1 saturated heterocycles. The number of hydrogen-bond acceptors (Lipinski definition) is 8. The quantitative estimate of drug-likeness (QED) is 0.384. The molecule has 5 rings (SSSR count). The first-order valence-corrected chi connectivity index (χ1v) is 11.4. The number of nitrogens with two attached hydrogens (primary N) is 1. The zero-order valence-electron chi connectivity index (χ0n) is 19.6. The fraction of sp³-hybridized carbons (Fsp3) is 0.240. The molecule has 4 heterocycles. The number of hydrogen-bond donors (Lipinski definition) is 3. The molecule has 0 spiro atoms. The molecule has 4 aromatic rings. The first kappa shape index (κ1) is 23.2. The van der Waals surface area contributed by atoms with Crippen LogP contribution in [0.4, 0.5) is 5.82 Å². The second-order valence-electron chi connectivity index (χ2n) is 8.38. The van der Waals surface area contributed by atoms with Crippen LogP contribution in [0.3, 0.4) is 0 Å². The van der Waals surface area contributed by atoms with Crippen LogP contribution in [0.15, 0.2) is 55.1 Å². The van der Waals surface area contributed by atoms with Crippen LogP contribution in [-0.4, -0.2) is 79.9 Å². The predicted octanol–water partition coefficient (Wildman–Crippen LogP) is 1.63. The molecule has 11 heteroatoms. The lowest BCUT2D eigenvalue weighted by Crippen LogP contribution is -2.51. The van der Waals surface area contributed by atoms with Gasteiger partial charge >= 0.3 is 0 Å². The maximum Gasteiger partial charge on any atom is 0.256 e. The van der Waals surface area contributed by atoms with Gasteiger partial charge in [-0.1, -0.05) is 18.2 Å². The van der Waals surface area contributed by atoms with Gasteiger partial charge < -0.3 is 30.4 Å². The minimum Gasteiger partial charge on any atom is -0.494 e. The number of aliphatic hydroxyl groups excluding tert-OH is 1. The van der Waals surface area contributed by atoms with Crippen molar-refractivity contribution in [2.45, 2.75) is 6.10 Å². The number of benzene rings is 1. The van der Waals surface area contributed by atoms with Crippen molar-refractivity contribution in [3.05, 3.63) is 66.2 Å². The Morgan fingerprint density at radius 1 is 1.03 bits per heavy atom. The number of nitrogens with zero attached hydrogens (tertiary/aromatic N) is 5. The summed E-state index contributed by atoms with van der Waals surface area (Å²) < 4.78 is 5.48. The SMILES string of the molecule is COc1cnc(-c2cnc(N)cn2)c2[nH]cc(C(O)C(=O)N3CCN(C(=O)c4ccccc4)CC3)c12. The summed E-state index contributed by atoms with van der Waals surface area (Å²) in [7, 11) is 1.49. The van der Waals surface area contributed by atoms with E-state index in [0.717, 1.165) is 0 Å². The largest absolute Gasteiger partial charge is 0.494 e. The Morgan fingerprint density at radius 3 is 2.42 bits per heavy atom. The van der Waals surface area contributed by atoms with Gasteiger partial charge in [-0.05, 0) is 12.1 Å². The molecule has 2 amide bonds. The number of nitrogen functional groups attached to an aromatic ring is 1. The summed E-state index contributed by atoms with van der Waals surface area (Å²) in [6.45, 7) is 1.41. The summed E-state index contributed by atoms with van der Waals surface area (Å²) in [6, 6.07) is 9.04. The van der Waals surface area contributed by atoms with E-state index < -0.39 is 12.0 Å². The molecule has 0 radical (unpaired) electrons. The molecule has 3 aromatic heterocycles. The Morgan fingerprint density at radius 2 is 1.75 bits per heavy atom. The molecular formula is C25H25N7O4. The van der Waals surface area contributed by atoms with E-state index in [1.165, 1.54) is 25.7 Å². The van der Waals surface area contributed by atoms with Gasteiger partial charge in [-0.25, -0.2) is 15.0 Å². The van der Waals surface area contributed by atoms with Crippen LogP contribution in [0.2, 0.25) is 0 Å². The average Bonchev–Trinajstić information content (AvgIpc) is 3.38. The first-order chi connectivity index (χ1) is 17.5. The lowest BCUT2D eigenvalue weighted by Gasteiger charge is -2.35. The van der Waals surface area contributed by atoms with Crippen molar-refractivity contribution in [1.82, 2.24) is 29.7 Å². The van der Waals surface area contributed by atoms with E-state index in [1.54, 1.807) is 28.1 Å². The monoisotopic (exact) mass is 487 g/mol. The standard InChI is InChI=1S/C25H25N7O4/c1-36-18-13-30-21(17-12-28-19(26)14-27-17)22-20(18)16(11-29-22)23(33)25(35)32-9-7-31(8-10-32)24(34)15-5-3-2-4-6-15/h2-6,11-14,23,29,33H,7-10H2,1H3,(H2,26,28). The summed E-state index contributed by atoms with van der Waals surface area (Å²) in [4.78, 5) is 45.1. The van der Waals surface area contributed by atoms with Gasteiger partial charge in [-0.3, -0.25) is 9.59 Å². The molecule has 1 atom stereocenters. The summed E-state index contributed by atoms with van der Waals surface area (Å²) in [5.41, 5.74) is 8.13. The van der Waals surface area contributed by atoms with E-state index in [2.05, 4.69) is 19.9 Å². The molecule has 0 bridgehead atoms. The first-order valence-electron chi connectivity index (χ1n) is 11.4. The fourth-order valence-corrected chi connectivity index (χ4v) is 4.37. The Bertz CT molecular complexity index is 1400. The maximum absolute atomic E-state index is 13.2. The normalized spacial score (nSPS) is 14.6. The van der Waals surface area contributed by atoms with E-state index >= 15 is 0 Å². The summed E-state index contributed by atoms with van der Waals surface area (Å²) in [5, 5.41) is 11.6. The fourth-order valence-electron chi connectivity index (χ4n) is 4.37. The van der Waals surface area contributed by atoms with Gasteiger partial charge in [0.25, 0.3) is 11.8 Å². The highest BCUT2D eigenvalue weighted by Crippen LogP contribution is 2.36. The third-order valence-corrected chi connectivity index (χ3v) is 6.27. The maximum atomic E-state index is 13.2. The molecule has 36 heavy (non-hydrogen) atoms. The van der Waals surface area contributed by atoms with Gasteiger partial charge in [0, 0.05) is 43.5 Å². The number of aromatic nitrogens is 4. The summed E-state index contributed by atoms with van der Waals surface area (Å²) in [5.74, 6) is 0.159. The average molecular weight is 488 g/mol. The Labute approximate surface area is 206 Å². The third-order valence-electron chi connectivity index (χ3n) is 6.27. The molecular weight excluding hydrogens is 462 g/mol. The Hall–Kier alpha value is -4.51. The Balaban J connectivity index is 1.37. The molecule has 0 saturated carbocycles. The van der Waals surface area contributed by atoms with Crippen molar-refractivity contribution in [1.29, 1.82) is 0 Å². The molecule has 1 unspecified atom stereocenters. The van der Waals surface area contributed by atoms with Crippen LogP contribution in [0.1, 0.15) is 22.0 Å².